The van der Waals surface area contributed by atoms with Gasteiger partial charge in [-0.1, -0.05) is 18.5 Å². The van der Waals surface area contributed by atoms with Gasteiger partial charge in [-0.3, -0.25) is 9.59 Å². The van der Waals surface area contributed by atoms with Crippen LogP contribution in [0.2, 0.25) is 0 Å². The Hall–Kier alpha value is -1.89. The number of hydrogen-bond donors (Lipinski definition) is 2. The lowest BCUT2D eigenvalue weighted by Gasteiger charge is -2.41. The average Bonchev–Trinajstić information content (AvgIpc) is 3.24. The van der Waals surface area contributed by atoms with Crippen LogP contribution in [0.25, 0.3) is 0 Å². The number of aromatic nitrogens is 1. The van der Waals surface area contributed by atoms with Crippen LogP contribution in [-0.4, -0.2) is 46.5 Å². The number of nitrogens with one attached hydrogen (secondary N) is 1. The second-order valence-electron chi connectivity index (χ2n) is 8.83. The lowest BCUT2D eigenvalue weighted by Crippen LogP contribution is -2.53. The van der Waals surface area contributed by atoms with Crippen LogP contribution in [0.3, 0.4) is 0 Å². The third kappa shape index (κ3) is 4.24. The van der Waals surface area contributed by atoms with E-state index in [1.54, 1.807) is 6.07 Å². The standard InChI is InChI=1S/C21H32N4O3/c1-2-3-17-11-16(8-9-25(17)21(27)14-6-7-15(22)10-14)23-20(26)18-12-19(28-24-18)13-4-5-13/h12-17H,2-11,22H2,1H3,(H,23,26)/t14-,15-,16?,17-/m1/s1. The van der Waals surface area contributed by atoms with Gasteiger partial charge in [0.15, 0.2) is 5.69 Å². The Balaban J connectivity index is 1.35. The maximum absolute atomic E-state index is 13.0. The van der Waals surface area contributed by atoms with Crippen molar-refractivity contribution in [3.8, 4) is 0 Å². The Morgan fingerprint density at radius 3 is 2.75 bits per heavy atom. The molecule has 1 unspecified atom stereocenters. The minimum Gasteiger partial charge on any atom is -0.360 e. The Labute approximate surface area is 166 Å². The lowest BCUT2D eigenvalue weighted by molar-refractivity contribution is -0.139. The van der Waals surface area contributed by atoms with Crippen molar-refractivity contribution < 1.29 is 14.1 Å². The minimum atomic E-state index is -0.169. The summed E-state index contributed by atoms with van der Waals surface area (Å²) < 4.78 is 5.30. The van der Waals surface area contributed by atoms with E-state index in [9.17, 15) is 9.59 Å². The van der Waals surface area contributed by atoms with Gasteiger partial charge >= 0.3 is 0 Å². The van der Waals surface area contributed by atoms with E-state index in [0.717, 1.165) is 63.5 Å². The quantitative estimate of drug-likeness (QED) is 0.780. The highest BCUT2D eigenvalue weighted by Crippen LogP contribution is 2.40. The summed E-state index contributed by atoms with van der Waals surface area (Å²) in [4.78, 5) is 27.6. The summed E-state index contributed by atoms with van der Waals surface area (Å²) in [6.45, 7) is 2.84. The van der Waals surface area contributed by atoms with Crippen molar-refractivity contribution in [1.29, 1.82) is 0 Å². The summed E-state index contributed by atoms with van der Waals surface area (Å²) >= 11 is 0. The molecule has 0 bridgehead atoms. The van der Waals surface area contributed by atoms with Gasteiger partial charge in [0.1, 0.15) is 5.76 Å². The number of hydrogen-bond acceptors (Lipinski definition) is 5. The van der Waals surface area contributed by atoms with Crippen molar-refractivity contribution in [1.82, 2.24) is 15.4 Å². The van der Waals surface area contributed by atoms with E-state index in [4.69, 9.17) is 10.3 Å². The molecular formula is C21H32N4O3. The molecule has 1 saturated heterocycles. The molecule has 3 aliphatic rings. The minimum absolute atomic E-state index is 0.0695. The Morgan fingerprint density at radius 2 is 2.07 bits per heavy atom. The molecule has 3 N–H and O–H groups in total. The van der Waals surface area contributed by atoms with E-state index >= 15 is 0 Å². The number of nitrogens with two attached hydrogens (primary N) is 1. The molecule has 7 heteroatoms. The van der Waals surface area contributed by atoms with Crippen molar-refractivity contribution in [3.63, 3.8) is 0 Å². The first kappa shape index (κ1) is 19.4. The maximum atomic E-state index is 13.0. The smallest absolute Gasteiger partial charge is 0.273 e. The molecule has 2 amide bonds. The first-order valence-corrected chi connectivity index (χ1v) is 10.9. The van der Waals surface area contributed by atoms with Crippen LogP contribution < -0.4 is 11.1 Å². The molecule has 2 heterocycles. The van der Waals surface area contributed by atoms with Gasteiger partial charge in [0, 0.05) is 42.6 Å². The van der Waals surface area contributed by atoms with Crippen molar-refractivity contribution in [2.45, 2.75) is 88.8 Å². The molecule has 4 atom stereocenters. The third-order valence-electron chi connectivity index (χ3n) is 6.52. The molecule has 28 heavy (non-hydrogen) atoms. The lowest BCUT2D eigenvalue weighted by atomic mass is 9.92. The zero-order chi connectivity index (χ0) is 19.7. The van der Waals surface area contributed by atoms with Gasteiger partial charge in [-0.15, -0.1) is 0 Å². The number of carbonyl (C=O) groups is 2. The van der Waals surface area contributed by atoms with E-state index < -0.39 is 0 Å². The topological polar surface area (TPSA) is 101 Å². The van der Waals surface area contributed by atoms with Crippen LogP contribution in [-0.2, 0) is 4.79 Å². The monoisotopic (exact) mass is 388 g/mol. The average molecular weight is 389 g/mol. The molecule has 3 fully saturated rings. The molecule has 7 nitrogen and oxygen atoms in total. The van der Waals surface area contributed by atoms with Crippen LogP contribution in [0.1, 0.15) is 86.9 Å². The highest BCUT2D eigenvalue weighted by Gasteiger charge is 2.37. The number of carbonyl (C=O) groups excluding carboxylic acids is 2. The van der Waals surface area contributed by atoms with Gasteiger partial charge in [-0.2, -0.15) is 0 Å². The molecule has 0 aromatic carbocycles. The van der Waals surface area contributed by atoms with Crippen LogP contribution >= 0.6 is 0 Å². The molecule has 154 valence electrons. The number of amides is 2. The molecule has 0 radical (unpaired) electrons. The first-order valence-electron chi connectivity index (χ1n) is 10.9. The van der Waals surface area contributed by atoms with Crippen molar-refractivity contribution in [2.75, 3.05) is 6.54 Å². The van der Waals surface area contributed by atoms with E-state index in [-0.39, 0.29) is 35.9 Å². The van der Waals surface area contributed by atoms with Crippen LogP contribution in [0.4, 0.5) is 0 Å². The normalized spacial score (nSPS) is 30.4. The fourth-order valence-corrected chi connectivity index (χ4v) is 4.77. The zero-order valence-electron chi connectivity index (χ0n) is 16.7. The van der Waals surface area contributed by atoms with Gasteiger partial charge in [0.05, 0.1) is 0 Å². The Bertz CT molecular complexity index is 714. The van der Waals surface area contributed by atoms with Gasteiger partial charge in [0.25, 0.3) is 5.91 Å². The molecule has 1 aliphatic heterocycles. The summed E-state index contributed by atoms with van der Waals surface area (Å²) in [5.41, 5.74) is 6.38. The Kier molecular flexibility index (Phi) is 5.71. The fraction of sp³-hybridized carbons (Fsp3) is 0.762. The number of rotatable bonds is 6. The molecule has 1 aromatic rings. The SMILES string of the molecule is CCC[C@@H]1CC(NC(=O)c2cc(C3CC3)on2)CCN1C(=O)[C@@H]1CC[C@@H](N)C1. The Morgan fingerprint density at radius 1 is 1.25 bits per heavy atom. The molecular weight excluding hydrogens is 356 g/mol. The second kappa shape index (κ2) is 8.23. The van der Waals surface area contributed by atoms with Crippen LogP contribution in [0.15, 0.2) is 10.6 Å². The second-order valence-corrected chi connectivity index (χ2v) is 8.83. The predicted octanol–water partition coefficient (Wildman–Crippen LogP) is 2.57. The van der Waals surface area contributed by atoms with Crippen molar-refractivity contribution in [3.05, 3.63) is 17.5 Å². The summed E-state index contributed by atoms with van der Waals surface area (Å²) in [6.07, 6.45) is 8.47. The molecule has 4 rings (SSSR count). The summed E-state index contributed by atoms with van der Waals surface area (Å²) in [5, 5.41) is 7.05. The number of piperidine rings is 1. The largest absolute Gasteiger partial charge is 0.360 e. The predicted molar refractivity (Wildman–Crippen MR) is 105 cm³/mol. The summed E-state index contributed by atoms with van der Waals surface area (Å²) in [6, 6.07) is 2.20. The van der Waals surface area contributed by atoms with Gasteiger partial charge in [-0.25, -0.2) is 0 Å². The van der Waals surface area contributed by atoms with Crippen molar-refractivity contribution >= 4 is 11.8 Å². The van der Waals surface area contributed by atoms with Crippen LogP contribution in [0.5, 0.6) is 0 Å². The highest BCUT2D eigenvalue weighted by molar-refractivity contribution is 5.92. The fourth-order valence-electron chi connectivity index (χ4n) is 4.77. The van der Waals surface area contributed by atoms with E-state index in [0.29, 0.717) is 18.2 Å². The van der Waals surface area contributed by atoms with Crippen molar-refractivity contribution in [2.24, 2.45) is 11.7 Å². The van der Waals surface area contributed by atoms with Crippen LogP contribution in [0, 0.1) is 5.92 Å². The first-order chi connectivity index (χ1) is 13.5. The maximum Gasteiger partial charge on any atom is 0.273 e. The van der Waals surface area contributed by atoms with Gasteiger partial charge < -0.3 is 20.5 Å². The number of likely N-dealkylation sites (tertiary alicyclic amines) is 1. The summed E-state index contributed by atoms with van der Waals surface area (Å²) in [7, 11) is 0. The molecule has 0 spiro atoms. The van der Waals surface area contributed by atoms with E-state index in [2.05, 4.69) is 22.3 Å². The molecule has 2 saturated carbocycles. The van der Waals surface area contributed by atoms with E-state index in [1.807, 2.05) is 0 Å². The number of nitrogens with zero attached hydrogens (tertiary/aromatic N) is 2. The van der Waals surface area contributed by atoms with Gasteiger partial charge in [0.2, 0.25) is 5.91 Å². The molecule has 2 aliphatic carbocycles. The van der Waals surface area contributed by atoms with E-state index in [1.165, 1.54) is 0 Å². The zero-order valence-corrected chi connectivity index (χ0v) is 16.7. The highest BCUT2D eigenvalue weighted by atomic mass is 16.5. The van der Waals surface area contributed by atoms with Gasteiger partial charge in [-0.05, 0) is 51.4 Å². The third-order valence-corrected chi connectivity index (χ3v) is 6.52. The summed E-state index contributed by atoms with van der Waals surface area (Å²) in [5.74, 6) is 1.45. The molecule has 1 aromatic heterocycles.